The summed E-state index contributed by atoms with van der Waals surface area (Å²) in [6, 6.07) is 55.8. The summed E-state index contributed by atoms with van der Waals surface area (Å²) >= 11 is -3.62. The summed E-state index contributed by atoms with van der Waals surface area (Å²) in [6.45, 7) is 4.76. The summed E-state index contributed by atoms with van der Waals surface area (Å²) < 4.78 is 7.96. The Hall–Kier alpha value is -5.26. The van der Waals surface area contributed by atoms with Crippen molar-refractivity contribution in [2.45, 2.75) is 19.3 Å². The second-order valence-corrected chi connectivity index (χ2v) is 20.7. The molecule has 0 bridgehead atoms. The average molecular weight is 664 g/mol. The molecule has 3 nitrogen and oxygen atoms in total. The van der Waals surface area contributed by atoms with Crippen LogP contribution in [0, 0.1) is 0 Å². The van der Waals surface area contributed by atoms with Gasteiger partial charge < -0.3 is 0 Å². The zero-order chi connectivity index (χ0) is 31.6. The Morgan fingerprint density at radius 1 is 0.532 bits per heavy atom. The van der Waals surface area contributed by atoms with Crippen molar-refractivity contribution in [3.05, 3.63) is 175 Å². The fourth-order valence-corrected chi connectivity index (χ4v) is 19.4. The number of hydrogen-bond acceptors (Lipinski definition) is 2. The molecule has 8 aromatic rings. The van der Waals surface area contributed by atoms with Gasteiger partial charge >= 0.3 is 279 Å². The van der Waals surface area contributed by atoms with Gasteiger partial charge in [0, 0.05) is 0 Å². The molecule has 3 aromatic heterocycles. The summed E-state index contributed by atoms with van der Waals surface area (Å²) in [7, 11) is 0. The third-order valence-electron chi connectivity index (χ3n) is 10.2. The van der Waals surface area contributed by atoms with Gasteiger partial charge in [-0.1, -0.05) is 0 Å². The van der Waals surface area contributed by atoms with E-state index >= 15 is 0 Å². The number of nitrogens with zero attached hydrogens (tertiary/aromatic N) is 3. The third-order valence-corrected chi connectivity index (χ3v) is 20.2. The Morgan fingerprint density at radius 3 is 1.91 bits per heavy atom. The molecule has 1 aliphatic heterocycles. The second kappa shape index (κ2) is 10.6. The Morgan fingerprint density at radius 2 is 1.19 bits per heavy atom. The van der Waals surface area contributed by atoms with Crippen molar-refractivity contribution in [2.24, 2.45) is 0 Å². The van der Waals surface area contributed by atoms with Crippen LogP contribution in [0.2, 0.25) is 0 Å². The van der Waals surface area contributed by atoms with Gasteiger partial charge in [0.1, 0.15) is 0 Å². The molecule has 0 spiro atoms. The average Bonchev–Trinajstić information content (AvgIpc) is 3.47. The van der Waals surface area contributed by atoms with E-state index in [1.54, 1.807) is 0 Å². The van der Waals surface area contributed by atoms with Crippen LogP contribution in [0.5, 0.6) is 0 Å². The van der Waals surface area contributed by atoms with Crippen molar-refractivity contribution in [1.29, 1.82) is 0 Å². The molecule has 1 aliphatic rings. The Kier molecular flexibility index (Phi) is 6.34. The van der Waals surface area contributed by atoms with Gasteiger partial charge in [-0.2, -0.15) is 0 Å². The van der Waals surface area contributed by atoms with Gasteiger partial charge in [0.2, 0.25) is 0 Å². The van der Waals surface area contributed by atoms with E-state index in [0.717, 1.165) is 16.9 Å². The number of benzene rings is 5. The number of pyridine rings is 2. The van der Waals surface area contributed by atoms with Crippen LogP contribution >= 0.6 is 0 Å². The molecular formula is C43H33GeN3. The SMILES string of the molecule is CC1(C)c2cccc[c]2[Ge]([c]2cccc(-n3c4ccccc4c4ccc(-c5ccccn5)cc43)c2)([c]2ccccn2)[c]2ccccc21. The van der Waals surface area contributed by atoms with Gasteiger partial charge in [0.05, 0.1) is 0 Å². The maximum absolute atomic E-state index is 5.20. The van der Waals surface area contributed by atoms with Crippen molar-refractivity contribution in [1.82, 2.24) is 14.5 Å². The molecule has 0 saturated heterocycles. The monoisotopic (exact) mass is 665 g/mol. The van der Waals surface area contributed by atoms with Crippen molar-refractivity contribution in [3.8, 4) is 16.9 Å². The molecule has 4 heterocycles. The summed E-state index contributed by atoms with van der Waals surface area (Å²) in [6.07, 6.45) is 3.84. The van der Waals surface area contributed by atoms with Gasteiger partial charge in [-0.15, -0.1) is 0 Å². The van der Waals surface area contributed by atoms with Crippen LogP contribution in [-0.4, -0.2) is 27.8 Å². The molecule has 224 valence electrons. The minimum atomic E-state index is -3.62. The zero-order valence-electron chi connectivity index (χ0n) is 26.4. The van der Waals surface area contributed by atoms with E-state index in [1.807, 2.05) is 24.5 Å². The summed E-state index contributed by atoms with van der Waals surface area (Å²) in [5.74, 6) is 0. The first-order chi connectivity index (χ1) is 23.1. The third kappa shape index (κ3) is 4.06. The van der Waals surface area contributed by atoms with Gasteiger partial charge in [-0.25, -0.2) is 0 Å². The number of rotatable bonds is 4. The topological polar surface area (TPSA) is 30.7 Å². The minimum absolute atomic E-state index is 0.122. The Bertz CT molecular complexity index is 2390. The standard InChI is InChI=1S/C43H33GeN3/c1-43(2)35-17-4-6-19-37(35)44(42-23-10-12-27-46-42,38-20-7-5-18-36(38)43)31-14-13-15-32(29-31)47-40-22-8-3-16-33(40)34-25-24-30(28-41(34)47)39-21-9-11-26-45-39/h3-29H,1-2H3. The molecule has 9 rings (SSSR count). The predicted molar refractivity (Wildman–Crippen MR) is 198 cm³/mol. The van der Waals surface area contributed by atoms with Crippen LogP contribution in [-0.2, 0) is 5.41 Å². The van der Waals surface area contributed by atoms with E-state index in [0.29, 0.717) is 0 Å². The van der Waals surface area contributed by atoms with Crippen LogP contribution in [0.1, 0.15) is 25.0 Å². The molecule has 4 heteroatoms. The van der Waals surface area contributed by atoms with E-state index in [9.17, 15) is 0 Å². The van der Waals surface area contributed by atoms with E-state index in [4.69, 9.17) is 4.98 Å². The van der Waals surface area contributed by atoms with Gasteiger partial charge in [0.25, 0.3) is 0 Å². The fraction of sp³-hybridized carbons (Fsp3) is 0.0698. The first-order valence-electron chi connectivity index (χ1n) is 16.3. The van der Waals surface area contributed by atoms with Crippen LogP contribution in [0.3, 0.4) is 0 Å². The molecular weight excluding hydrogens is 631 g/mol. The van der Waals surface area contributed by atoms with E-state index in [2.05, 4.69) is 163 Å². The van der Waals surface area contributed by atoms with Gasteiger partial charge in [-0.3, -0.25) is 0 Å². The molecule has 0 radical (unpaired) electrons. The fourth-order valence-electron chi connectivity index (χ4n) is 8.14. The van der Waals surface area contributed by atoms with Crippen molar-refractivity contribution >= 4 is 52.8 Å². The Labute approximate surface area is 277 Å². The quantitative estimate of drug-likeness (QED) is 0.186. The first-order valence-corrected chi connectivity index (χ1v) is 20.4. The molecule has 47 heavy (non-hydrogen) atoms. The summed E-state index contributed by atoms with van der Waals surface area (Å²) in [4.78, 5) is 9.88. The molecule has 0 fully saturated rings. The van der Waals surface area contributed by atoms with E-state index in [1.165, 1.54) is 50.6 Å². The zero-order valence-corrected chi connectivity index (χ0v) is 28.5. The first kappa shape index (κ1) is 28.0. The van der Waals surface area contributed by atoms with Gasteiger partial charge in [-0.05, 0) is 0 Å². The van der Waals surface area contributed by atoms with Gasteiger partial charge in [0.15, 0.2) is 0 Å². The van der Waals surface area contributed by atoms with Crippen molar-refractivity contribution < 1.29 is 0 Å². The number of fused-ring (bicyclic) bond motifs is 5. The molecule has 0 atom stereocenters. The van der Waals surface area contributed by atoms with Crippen LogP contribution in [0.15, 0.2) is 164 Å². The van der Waals surface area contributed by atoms with E-state index < -0.39 is 13.3 Å². The Balaban J connectivity index is 1.37. The number of hydrogen-bond donors (Lipinski definition) is 0. The molecule has 0 saturated carbocycles. The summed E-state index contributed by atoms with van der Waals surface area (Å²) in [5.41, 5.74) is 8.31. The van der Waals surface area contributed by atoms with Crippen LogP contribution in [0.4, 0.5) is 0 Å². The normalized spacial score (nSPS) is 14.5. The number of aromatic nitrogens is 3. The van der Waals surface area contributed by atoms with Crippen LogP contribution in [0.25, 0.3) is 38.8 Å². The number of para-hydroxylation sites is 1. The van der Waals surface area contributed by atoms with Crippen molar-refractivity contribution in [2.75, 3.05) is 0 Å². The predicted octanol–water partition coefficient (Wildman–Crippen LogP) is 7.26. The molecule has 0 aliphatic carbocycles. The molecule has 0 amide bonds. The molecule has 5 aromatic carbocycles. The van der Waals surface area contributed by atoms with E-state index in [-0.39, 0.29) is 5.41 Å². The molecule has 0 unspecified atom stereocenters. The van der Waals surface area contributed by atoms with Crippen LogP contribution < -0.4 is 17.7 Å². The summed E-state index contributed by atoms with van der Waals surface area (Å²) in [5, 5.41) is 2.48. The maximum atomic E-state index is 5.20. The van der Waals surface area contributed by atoms with Crippen molar-refractivity contribution in [3.63, 3.8) is 0 Å². The second-order valence-electron chi connectivity index (χ2n) is 13.0. The molecule has 0 N–H and O–H groups in total.